The molecule has 0 spiro atoms. The lowest BCUT2D eigenvalue weighted by Gasteiger charge is -2.13. The van der Waals surface area contributed by atoms with Crippen molar-refractivity contribution in [2.75, 3.05) is 5.73 Å². The minimum Gasteiger partial charge on any atom is -0.457 e. The van der Waals surface area contributed by atoms with Gasteiger partial charge >= 0.3 is 0 Å². The minimum absolute atomic E-state index is 0.00161. The monoisotopic (exact) mass is 361 g/mol. The number of hydrogen-bond acceptors (Lipinski definition) is 5. The molecule has 1 aliphatic rings. The average Bonchev–Trinajstić information content (AvgIpc) is 2.92. The molecule has 2 amide bonds. The molecule has 0 saturated carbocycles. The molecular formula is C20H15N3O4. The van der Waals surface area contributed by atoms with Gasteiger partial charge in [0.15, 0.2) is 0 Å². The molecule has 0 radical (unpaired) electrons. The van der Waals surface area contributed by atoms with Crippen LogP contribution in [0.4, 0.5) is 5.82 Å². The first kappa shape index (κ1) is 16.6. The summed E-state index contributed by atoms with van der Waals surface area (Å²) in [6.07, 6.45) is 0. The third-order valence-electron chi connectivity index (χ3n) is 4.37. The van der Waals surface area contributed by atoms with Crippen LogP contribution in [0.25, 0.3) is 5.69 Å². The highest BCUT2D eigenvalue weighted by molar-refractivity contribution is 6.23. The molecule has 0 atom stereocenters. The summed E-state index contributed by atoms with van der Waals surface area (Å²) in [6, 6.07) is 15.5. The Hall–Kier alpha value is -3.87. The van der Waals surface area contributed by atoms with Gasteiger partial charge in [-0.15, -0.1) is 0 Å². The van der Waals surface area contributed by atoms with Crippen molar-refractivity contribution in [1.82, 2.24) is 9.88 Å². The van der Waals surface area contributed by atoms with E-state index in [9.17, 15) is 14.4 Å². The summed E-state index contributed by atoms with van der Waals surface area (Å²) < 4.78 is 7.03. The topological polar surface area (TPSA) is 103 Å². The Morgan fingerprint density at radius 2 is 1.67 bits per heavy atom. The summed E-state index contributed by atoms with van der Waals surface area (Å²) in [4.78, 5) is 36.1. The number of nitrogens with zero attached hydrogens (tertiary/aromatic N) is 1. The van der Waals surface area contributed by atoms with E-state index in [-0.39, 0.29) is 16.9 Å². The number of nitrogen functional groups attached to an aromatic ring is 1. The Balaban J connectivity index is 1.72. The number of aromatic nitrogens is 1. The van der Waals surface area contributed by atoms with Gasteiger partial charge in [-0.2, -0.15) is 0 Å². The van der Waals surface area contributed by atoms with Gasteiger partial charge in [-0.3, -0.25) is 24.3 Å². The molecule has 3 aromatic rings. The van der Waals surface area contributed by atoms with Gasteiger partial charge in [0.2, 0.25) is 0 Å². The largest absolute Gasteiger partial charge is 0.457 e. The maximum Gasteiger partial charge on any atom is 0.262 e. The van der Waals surface area contributed by atoms with E-state index in [0.29, 0.717) is 11.4 Å². The van der Waals surface area contributed by atoms with E-state index in [1.54, 1.807) is 24.3 Å². The first-order valence-corrected chi connectivity index (χ1v) is 8.21. The predicted molar refractivity (Wildman–Crippen MR) is 99.5 cm³/mol. The second kappa shape index (κ2) is 6.14. The molecule has 0 bridgehead atoms. The van der Waals surface area contributed by atoms with E-state index in [0.717, 1.165) is 17.4 Å². The molecule has 3 N–H and O–H groups in total. The van der Waals surface area contributed by atoms with E-state index >= 15 is 0 Å². The quantitative estimate of drug-likeness (QED) is 0.697. The number of imide groups is 1. The van der Waals surface area contributed by atoms with Crippen LogP contribution in [0.3, 0.4) is 0 Å². The first-order chi connectivity index (χ1) is 13.0. The molecule has 0 saturated heterocycles. The summed E-state index contributed by atoms with van der Waals surface area (Å²) >= 11 is 0. The van der Waals surface area contributed by atoms with Crippen LogP contribution in [0.1, 0.15) is 26.3 Å². The fourth-order valence-electron chi connectivity index (χ4n) is 3.01. The number of benzene rings is 2. The van der Waals surface area contributed by atoms with E-state index in [4.69, 9.17) is 10.5 Å². The molecule has 1 aliphatic heterocycles. The van der Waals surface area contributed by atoms with Crippen molar-refractivity contribution >= 4 is 17.6 Å². The standard InChI is InChI=1S/C20H15N3O4/c1-11-4-2-3-5-15(11)27-13-8-6-12(7-9-13)23-16(24)10-14-17(18(23)21)20(26)22-19(14)25/h2-10H,21H2,1H3,(H,22,25,26). The number of ether oxygens (including phenoxy) is 1. The van der Waals surface area contributed by atoms with Crippen molar-refractivity contribution in [3.05, 3.63) is 81.6 Å². The highest BCUT2D eigenvalue weighted by Gasteiger charge is 2.31. The van der Waals surface area contributed by atoms with Gasteiger partial charge in [0.25, 0.3) is 17.4 Å². The molecule has 7 nitrogen and oxygen atoms in total. The van der Waals surface area contributed by atoms with Crippen molar-refractivity contribution < 1.29 is 14.3 Å². The molecule has 7 heteroatoms. The van der Waals surface area contributed by atoms with E-state index in [2.05, 4.69) is 5.32 Å². The van der Waals surface area contributed by atoms with Crippen LogP contribution >= 0.6 is 0 Å². The van der Waals surface area contributed by atoms with E-state index < -0.39 is 17.4 Å². The molecule has 27 heavy (non-hydrogen) atoms. The minimum atomic E-state index is -0.618. The Morgan fingerprint density at radius 1 is 0.963 bits per heavy atom. The van der Waals surface area contributed by atoms with Crippen molar-refractivity contribution in [2.24, 2.45) is 0 Å². The number of fused-ring (bicyclic) bond motifs is 1. The van der Waals surface area contributed by atoms with Crippen LogP contribution in [0.15, 0.2) is 59.4 Å². The Morgan fingerprint density at radius 3 is 2.37 bits per heavy atom. The summed E-state index contributed by atoms with van der Waals surface area (Å²) in [5, 5.41) is 2.14. The number of aryl methyl sites for hydroxylation is 1. The number of carbonyl (C=O) groups excluding carboxylic acids is 2. The third kappa shape index (κ3) is 2.75. The maximum atomic E-state index is 12.4. The third-order valence-corrected chi connectivity index (χ3v) is 4.37. The average molecular weight is 361 g/mol. The molecule has 0 unspecified atom stereocenters. The zero-order valence-electron chi connectivity index (χ0n) is 14.4. The van der Waals surface area contributed by atoms with Crippen molar-refractivity contribution in [2.45, 2.75) is 6.92 Å². The van der Waals surface area contributed by atoms with Crippen LogP contribution in [0, 0.1) is 6.92 Å². The van der Waals surface area contributed by atoms with E-state index in [1.807, 2.05) is 31.2 Å². The summed E-state index contributed by atoms with van der Waals surface area (Å²) in [5.41, 5.74) is 7.00. The number of carbonyl (C=O) groups is 2. The van der Waals surface area contributed by atoms with Gasteiger partial charge in [0.1, 0.15) is 17.3 Å². The normalized spacial score (nSPS) is 12.6. The molecule has 2 aromatic carbocycles. The Kier molecular flexibility index (Phi) is 3.77. The van der Waals surface area contributed by atoms with Crippen LogP contribution in [-0.4, -0.2) is 16.4 Å². The number of nitrogens with one attached hydrogen (secondary N) is 1. The number of nitrogens with two attached hydrogens (primary N) is 1. The second-order valence-corrected chi connectivity index (χ2v) is 6.14. The number of hydrogen-bond donors (Lipinski definition) is 2. The molecule has 2 heterocycles. The van der Waals surface area contributed by atoms with Crippen LogP contribution in [-0.2, 0) is 0 Å². The highest BCUT2D eigenvalue weighted by Crippen LogP contribution is 2.27. The number of para-hydroxylation sites is 1. The van der Waals surface area contributed by atoms with Gasteiger partial charge in [0, 0.05) is 6.07 Å². The van der Waals surface area contributed by atoms with Crippen molar-refractivity contribution in [3.8, 4) is 17.2 Å². The van der Waals surface area contributed by atoms with Gasteiger partial charge in [-0.1, -0.05) is 18.2 Å². The second-order valence-electron chi connectivity index (χ2n) is 6.14. The summed E-state index contributed by atoms with van der Waals surface area (Å²) in [5.74, 6) is 0.0190. The van der Waals surface area contributed by atoms with Crippen molar-refractivity contribution in [1.29, 1.82) is 0 Å². The zero-order valence-corrected chi connectivity index (χ0v) is 14.4. The lowest BCUT2D eigenvalue weighted by molar-refractivity contribution is 0.0880. The molecule has 1 aromatic heterocycles. The van der Waals surface area contributed by atoms with Gasteiger partial charge in [-0.05, 0) is 42.8 Å². The Labute approximate surface area is 154 Å². The van der Waals surface area contributed by atoms with Crippen LogP contribution in [0.5, 0.6) is 11.5 Å². The van der Waals surface area contributed by atoms with Crippen LogP contribution in [0.2, 0.25) is 0 Å². The van der Waals surface area contributed by atoms with Crippen molar-refractivity contribution in [3.63, 3.8) is 0 Å². The zero-order chi connectivity index (χ0) is 19.1. The summed E-state index contributed by atoms with van der Waals surface area (Å²) in [6.45, 7) is 1.95. The number of pyridine rings is 1. The molecule has 0 fully saturated rings. The van der Waals surface area contributed by atoms with Crippen LogP contribution < -0.4 is 21.3 Å². The lowest BCUT2D eigenvalue weighted by atomic mass is 10.1. The van der Waals surface area contributed by atoms with Gasteiger partial charge in [0.05, 0.1) is 16.8 Å². The van der Waals surface area contributed by atoms with Gasteiger partial charge in [-0.25, -0.2) is 0 Å². The van der Waals surface area contributed by atoms with Gasteiger partial charge < -0.3 is 10.5 Å². The predicted octanol–water partition coefficient (Wildman–Crippen LogP) is 2.40. The number of anilines is 1. The fraction of sp³-hybridized carbons (Fsp3) is 0.0500. The Bertz CT molecular complexity index is 1150. The number of amides is 2. The fourth-order valence-corrected chi connectivity index (χ4v) is 3.01. The highest BCUT2D eigenvalue weighted by atomic mass is 16.5. The number of rotatable bonds is 3. The summed E-state index contributed by atoms with van der Waals surface area (Å²) in [7, 11) is 0. The lowest BCUT2D eigenvalue weighted by Crippen LogP contribution is -2.24. The molecular weight excluding hydrogens is 346 g/mol. The first-order valence-electron chi connectivity index (χ1n) is 8.21. The maximum absolute atomic E-state index is 12.4. The molecule has 134 valence electrons. The smallest absolute Gasteiger partial charge is 0.262 e. The molecule has 4 rings (SSSR count). The SMILES string of the molecule is Cc1ccccc1Oc1ccc(-n2c(N)c3c(cc2=O)C(=O)NC3=O)cc1. The van der Waals surface area contributed by atoms with E-state index in [1.165, 1.54) is 4.57 Å². The molecule has 0 aliphatic carbocycles.